The van der Waals surface area contributed by atoms with Gasteiger partial charge in [-0.2, -0.15) is 0 Å². The largest absolute Gasteiger partial charge is 0.464 e. The van der Waals surface area contributed by atoms with Crippen LogP contribution in [0.25, 0.3) is 33.1 Å². The molecule has 0 fully saturated rings. The number of para-hydroxylation sites is 1. The normalized spacial score (nSPS) is 11.2. The van der Waals surface area contributed by atoms with Crippen LogP contribution >= 0.6 is 0 Å². The SMILES string of the molecule is c1ccc2nc(-c3ccc4occc4c3)ccc2c1. The number of furan rings is 1. The van der Waals surface area contributed by atoms with Gasteiger partial charge in [-0.05, 0) is 36.4 Å². The Morgan fingerprint density at radius 3 is 2.74 bits per heavy atom. The highest BCUT2D eigenvalue weighted by Crippen LogP contribution is 2.25. The van der Waals surface area contributed by atoms with E-state index in [0.717, 1.165) is 33.1 Å². The highest BCUT2D eigenvalue weighted by molar-refractivity contribution is 5.85. The molecule has 0 saturated carbocycles. The first-order chi connectivity index (χ1) is 9.40. The monoisotopic (exact) mass is 245 g/mol. The summed E-state index contributed by atoms with van der Waals surface area (Å²) >= 11 is 0. The highest BCUT2D eigenvalue weighted by atomic mass is 16.3. The van der Waals surface area contributed by atoms with Gasteiger partial charge in [0.15, 0.2) is 0 Å². The van der Waals surface area contributed by atoms with E-state index in [1.807, 2.05) is 36.4 Å². The van der Waals surface area contributed by atoms with Crippen LogP contribution in [0.15, 0.2) is 71.3 Å². The van der Waals surface area contributed by atoms with Gasteiger partial charge in [0, 0.05) is 16.3 Å². The summed E-state index contributed by atoms with van der Waals surface area (Å²) in [6.45, 7) is 0. The molecular weight excluding hydrogens is 234 g/mol. The predicted molar refractivity (Wildman–Crippen MR) is 77.0 cm³/mol. The van der Waals surface area contributed by atoms with Crippen LogP contribution in [0.4, 0.5) is 0 Å². The smallest absolute Gasteiger partial charge is 0.133 e. The molecule has 0 spiro atoms. The molecule has 0 atom stereocenters. The fourth-order valence-corrected chi connectivity index (χ4v) is 2.35. The standard InChI is InChI=1S/C17H11NO/c1-2-4-15-12(3-1)5-7-16(18-15)13-6-8-17-14(11-13)9-10-19-17/h1-11H. The maximum atomic E-state index is 5.36. The summed E-state index contributed by atoms with van der Waals surface area (Å²) in [6.07, 6.45) is 1.71. The second-order valence-electron chi connectivity index (χ2n) is 4.56. The Balaban J connectivity index is 1.92. The zero-order chi connectivity index (χ0) is 12.7. The van der Waals surface area contributed by atoms with Gasteiger partial charge in [0.2, 0.25) is 0 Å². The average Bonchev–Trinajstić information content (AvgIpc) is 2.94. The summed E-state index contributed by atoms with van der Waals surface area (Å²) < 4.78 is 5.36. The summed E-state index contributed by atoms with van der Waals surface area (Å²) in [6, 6.07) is 20.4. The van der Waals surface area contributed by atoms with Crippen LogP contribution in [-0.4, -0.2) is 4.98 Å². The number of pyridine rings is 1. The molecule has 0 amide bonds. The lowest BCUT2D eigenvalue weighted by Gasteiger charge is -2.03. The zero-order valence-corrected chi connectivity index (χ0v) is 10.2. The summed E-state index contributed by atoms with van der Waals surface area (Å²) in [5.74, 6) is 0. The van der Waals surface area contributed by atoms with Gasteiger partial charge >= 0.3 is 0 Å². The van der Waals surface area contributed by atoms with Gasteiger partial charge in [-0.25, -0.2) is 4.98 Å². The molecule has 0 aliphatic carbocycles. The van der Waals surface area contributed by atoms with Crippen LogP contribution in [0, 0.1) is 0 Å². The van der Waals surface area contributed by atoms with Gasteiger partial charge in [0.25, 0.3) is 0 Å². The number of hydrogen-bond acceptors (Lipinski definition) is 2. The van der Waals surface area contributed by atoms with Crippen molar-refractivity contribution >= 4 is 21.9 Å². The summed E-state index contributed by atoms with van der Waals surface area (Å²) in [4.78, 5) is 4.71. The van der Waals surface area contributed by atoms with Crippen molar-refractivity contribution in [1.82, 2.24) is 4.98 Å². The van der Waals surface area contributed by atoms with Gasteiger partial charge in [0.05, 0.1) is 17.5 Å². The van der Waals surface area contributed by atoms with Crippen LogP contribution in [-0.2, 0) is 0 Å². The predicted octanol–water partition coefficient (Wildman–Crippen LogP) is 4.65. The quantitative estimate of drug-likeness (QED) is 0.488. The maximum Gasteiger partial charge on any atom is 0.133 e. The number of hydrogen-bond donors (Lipinski definition) is 0. The van der Waals surface area contributed by atoms with E-state index in [4.69, 9.17) is 9.40 Å². The minimum atomic E-state index is 0.907. The maximum absolute atomic E-state index is 5.36. The molecule has 0 bridgehead atoms. The molecule has 2 heteroatoms. The second-order valence-corrected chi connectivity index (χ2v) is 4.56. The van der Waals surface area contributed by atoms with Crippen LogP contribution in [0.2, 0.25) is 0 Å². The number of aromatic nitrogens is 1. The van der Waals surface area contributed by atoms with Crippen molar-refractivity contribution in [3.8, 4) is 11.3 Å². The molecule has 19 heavy (non-hydrogen) atoms. The van der Waals surface area contributed by atoms with Gasteiger partial charge in [0.1, 0.15) is 5.58 Å². The molecule has 4 aromatic rings. The molecule has 2 aromatic heterocycles. The topological polar surface area (TPSA) is 26.0 Å². The average molecular weight is 245 g/mol. The fraction of sp³-hybridized carbons (Fsp3) is 0. The third-order valence-corrected chi connectivity index (χ3v) is 3.35. The summed E-state index contributed by atoms with van der Waals surface area (Å²) in [7, 11) is 0. The van der Waals surface area contributed by atoms with Crippen molar-refractivity contribution in [2.45, 2.75) is 0 Å². The zero-order valence-electron chi connectivity index (χ0n) is 10.2. The van der Waals surface area contributed by atoms with E-state index >= 15 is 0 Å². The molecule has 0 N–H and O–H groups in total. The third kappa shape index (κ3) is 1.69. The number of benzene rings is 2. The lowest BCUT2D eigenvalue weighted by atomic mass is 10.1. The van der Waals surface area contributed by atoms with Crippen molar-refractivity contribution in [2.24, 2.45) is 0 Å². The minimum Gasteiger partial charge on any atom is -0.464 e. The molecule has 4 rings (SSSR count). The first-order valence-electron chi connectivity index (χ1n) is 6.24. The van der Waals surface area contributed by atoms with Crippen molar-refractivity contribution in [3.63, 3.8) is 0 Å². The Labute approximate surface area is 110 Å². The van der Waals surface area contributed by atoms with E-state index in [1.165, 1.54) is 0 Å². The third-order valence-electron chi connectivity index (χ3n) is 3.35. The summed E-state index contributed by atoms with van der Waals surface area (Å²) in [5, 5.41) is 2.27. The summed E-state index contributed by atoms with van der Waals surface area (Å²) in [5.41, 5.74) is 4.03. The first kappa shape index (κ1) is 10.3. The number of fused-ring (bicyclic) bond motifs is 2. The Bertz CT molecular complexity index is 876. The van der Waals surface area contributed by atoms with Gasteiger partial charge in [-0.1, -0.05) is 24.3 Å². The van der Waals surface area contributed by atoms with Crippen molar-refractivity contribution in [3.05, 3.63) is 66.9 Å². The van der Waals surface area contributed by atoms with E-state index in [0.29, 0.717) is 0 Å². The van der Waals surface area contributed by atoms with E-state index in [-0.39, 0.29) is 0 Å². The second kappa shape index (κ2) is 3.95. The van der Waals surface area contributed by atoms with Crippen molar-refractivity contribution < 1.29 is 4.42 Å². The fourth-order valence-electron chi connectivity index (χ4n) is 2.35. The molecule has 0 unspecified atom stereocenters. The van der Waals surface area contributed by atoms with E-state index in [9.17, 15) is 0 Å². The minimum absolute atomic E-state index is 0.907. The molecule has 0 aliphatic rings. The molecule has 90 valence electrons. The molecule has 2 nitrogen and oxygen atoms in total. The van der Waals surface area contributed by atoms with Crippen LogP contribution in [0.5, 0.6) is 0 Å². The van der Waals surface area contributed by atoms with E-state index < -0.39 is 0 Å². The highest BCUT2D eigenvalue weighted by Gasteiger charge is 2.03. The van der Waals surface area contributed by atoms with Crippen LogP contribution < -0.4 is 0 Å². The molecule has 0 aliphatic heterocycles. The van der Waals surface area contributed by atoms with Crippen molar-refractivity contribution in [2.75, 3.05) is 0 Å². The Hall–Kier alpha value is -2.61. The lowest BCUT2D eigenvalue weighted by Crippen LogP contribution is -1.84. The van der Waals surface area contributed by atoms with Crippen molar-refractivity contribution in [1.29, 1.82) is 0 Å². The number of rotatable bonds is 1. The molecule has 0 radical (unpaired) electrons. The van der Waals surface area contributed by atoms with Gasteiger partial charge < -0.3 is 4.42 Å². The number of nitrogens with zero attached hydrogens (tertiary/aromatic N) is 1. The first-order valence-corrected chi connectivity index (χ1v) is 6.24. The van der Waals surface area contributed by atoms with Crippen LogP contribution in [0.1, 0.15) is 0 Å². The van der Waals surface area contributed by atoms with Gasteiger partial charge in [-0.15, -0.1) is 0 Å². The van der Waals surface area contributed by atoms with Crippen LogP contribution in [0.3, 0.4) is 0 Å². The molecule has 2 aromatic carbocycles. The molecular formula is C17H11NO. The Kier molecular flexibility index (Phi) is 2.15. The van der Waals surface area contributed by atoms with Gasteiger partial charge in [-0.3, -0.25) is 0 Å². The molecule has 2 heterocycles. The van der Waals surface area contributed by atoms with E-state index in [2.05, 4.69) is 24.3 Å². The lowest BCUT2D eigenvalue weighted by molar-refractivity contribution is 0.616. The Morgan fingerprint density at radius 2 is 1.74 bits per heavy atom. The Morgan fingerprint density at radius 1 is 0.789 bits per heavy atom. The molecule has 0 saturated heterocycles. The van der Waals surface area contributed by atoms with E-state index in [1.54, 1.807) is 6.26 Å².